The highest BCUT2D eigenvalue weighted by atomic mass is 16.4. The predicted octanol–water partition coefficient (Wildman–Crippen LogP) is 0.158. The Labute approximate surface area is 197 Å². The average Bonchev–Trinajstić information content (AvgIpc) is 3.48. The van der Waals surface area contributed by atoms with Crippen LogP contribution in [0.5, 0.6) is 0 Å². The van der Waals surface area contributed by atoms with Crippen LogP contribution in [0.15, 0.2) is 29.4 Å². The van der Waals surface area contributed by atoms with Crippen LogP contribution in [0.3, 0.4) is 0 Å². The van der Waals surface area contributed by atoms with Gasteiger partial charge < -0.3 is 30.8 Å². The summed E-state index contributed by atoms with van der Waals surface area (Å²) in [6.07, 6.45) is 2.36. The molecule has 186 valence electrons. The number of aliphatic carboxylic acids is 1. The van der Waals surface area contributed by atoms with E-state index in [0.29, 0.717) is 19.4 Å². The summed E-state index contributed by atoms with van der Waals surface area (Å²) in [5.41, 5.74) is 6.21. The van der Waals surface area contributed by atoms with Crippen molar-refractivity contribution in [3.8, 4) is 0 Å². The van der Waals surface area contributed by atoms with Crippen LogP contribution in [-0.4, -0.2) is 70.7 Å². The molecule has 11 heteroatoms. The lowest BCUT2D eigenvalue weighted by Crippen LogP contribution is -2.54. The van der Waals surface area contributed by atoms with Crippen LogP contribution in [-0.2, 0) is 24.0 Å². The Morgan fingerprint density at radius 2 is 1.94 bits per heavy atom. The van der Waals surface area contributed by atoms with Crippen molar-refractivity contribution < 1.29 is 33.5 Å². The van der Waals surface area contributed by atoms with Gasteiger partial charge in [0, 0.05) is 12.5 Å². The van der Waals surface area contributed by atoms with Crippen LogP contribution in [0.25, 0.3) is 5.57 Å². The molecule has 2 rings (SSSR count). The minimum Gasteiger partial charge on any atom is -0.480 e. The molecule has 1 aromatic heterocycles. The number of Topliss-reactive ketones (excluding diaryl/α,β-unsaturated/α-hetero) is 1. The number of carboxylic acid groups (broad SMARTS) is 1. The molecule has 5 N–H and O–H groups in total. The number of nitrogens with zero attached hydrogens (tertiary/aromatic N) is 1. The highest BCUT2D eigenvalue weighted by Gasteiger charge is 2.37. The fraction of sp³-hybridized carbons (Fsp3) is 0.522. The van der Waals surface area contributed by atoms with Gasteiger partial charge in [-0.2, -0.15) is 0 Å². The van der Waals surface area contributed by atoms with Crippen LogP contribution < -0.4 is 16.4 Å². The summed E-state index contributed by atoms with van der Waals surface area (Å²) in [4.78, 5) is 63.0. The van der Waals surface area contributed by atoms with Crippen molar-refractivity contribution in [3.63, 3.8) is 0 Å². The van der Waals surface area contributed by atoms with Gasteiger partial charge in [-0.15, -0.1) is 0 Å². The number of carbonyl (C=O) groups excluding carboxylic acids is 4. The fourth-order valence-electron chi connectivity index (χ4n) is 3.91. The Morgan fingerprint density at radius 1 is 1.26 bits per heavy atom. The van der Waals surface area contributed by atoms with Crippen molar-refractivity contribution in [2.45, 2.75) is 51.7 Å². The lowest BCUT2D eigenvalue weighted by molar-refractivity contribution is -0.143. The van der Waals surface area contributed by atoms with Crippen LogP contribution in [0, 0.1) is 11.8 Å². The number of likely N-dealkylation sites (tertiary alicyclic amines) is 1. The molecule has 0 aromatic carbocycles. The van der Waals surface area contributed by atoms with E-state index in [0.717, 1.165) is 0 Å². The normalized spacial score (nSPS) is 18.1. The first kappa shape index (κ1) is 26.8. The first-order valence-corrected chi connectivity index (χ1v) is 11.1. The van der Waals surface area contributed by atoms with Crippen molar-refractivity contribution in [2.75, 3.05) is 13.1 Å². The van der Waals surface area contributed by atoms with E-state index in [1.807, 2.05) is 0 Å². The first-order valence-electron chi connectivity index (χ1n) is 11.1. The Balaban J connectivity index is 1.99. The van der Waals surface area contributed by atoms with Crippen molar-refractivity contribution >= 4 is 35.0 Å². The highest BCUT2D eigenvalue weighted by Crippen LogP contribution is 2.25. The van der Waals surface area contributed by atoms with Crippen molar-refractivity contribution in [1.82, 2.24) is 15.5 Å². The summed E-state index contributed by atoms with van der Waals surface area (Å²) in [6, 6.07) is 0.0542. The smallest absolute Gasteiger partial charge is 0.325 e. The number of furan rings is 1. The first-order chi connectivity index (χ1) is 16.0. The lowest BCUT2D eigenvalue weighted by Gasteiger charge is -2.27. The molecule has 1 saturated heterocycles. The molecular weight excluding hydrogens is 444 g/mol. The molecule has 0 spiro atoms. The van der Waals surface area contributed by atoms with Gasteiger partial charge in [-0.25, -0.2) is 0 Å². The van der Waals surface area contributed by atoms with Crippen LogP contribution >= 0.6 is 0 Å². The summed E-state index contributed by atoms with van der Waals surface area (Å²) in [5.74, 6) is -4.27. The predicted molar refractivity (Wildman–Crippen MR) is 122 cm³/mol. The van der Waals surface area contributed by atoms with Gasteiger partial charge >= 0.3 is 5.97 Å². The van der Waals surface area contributed by atoms with Gasteiger partial charge in [0.1, 0.15) is 17.8 Å². The number of rotatable bonds is 11. The van der Waals surface area contributed by atoms with Gasteiger partial charge in [-0.1, -0.05) is 20.4 Å². The summed E-state index contributed by atoms with van der Waals surface area (Å²) in [6.45, 7) is 8.48. The third-order valence-corrected chi connectivity index (χ3v) is 5.85. The van der Waals surface area contributed by atoms with Gasteiger partial charge in [-0.3, -0.25) is 24.0 Å². The summed E-state index contributed by atoms with van der Waals surface area (Å²) >= 11 is 0. The van der Waals surface area contributed by atoms with E-state index in [9.17, 15) is 24.0 Å². The lowest BCUT2D eigenvalue weighted by atomic mass is 9.81. The number of hydrogen-bond acceptors (Lipinski definition) is 7. The Bertz CT molecular complexity index is 941. The maximum absolute atomic E-state index is 12.9. The Kier molecular flexibility index (Phi) is 9.13. The van der Waals surface area contributed by atoms with Gasteiger partial charge in [0.2, 0.25) is 17.7 Å². The minimum atomic E-state index is -1.24. The summed E-state index contributed by atoms with van der Waals surface area (Å²) in [5, 5.41) is 13.8. The van der Waals surface area contributed by atoms with Gasteiger partial charge in [-0.05, 0) is 37.8 Å². The number of amides is 3. The largest absolute Gasteiger partial charge is 0.480 e. The van der Waals surface area contributed by atoms with Crippen LogP contribution in [0.2, 0.25) is 0 Å². The summed E-state index contributed by atoms with van der Waals surface area (Å²) in [7, 11) is 0. The molecule has 4 atom stereocenters. The topological polar surface area (TPSA) is 172 Å². The number of hydrogen-bond donors (Lipinski definition) is 4. The van der Waals surface area contributed by atoms with Crippen LogP contribution in [0.1, 0.15) is 39.4 Å². The molecule has 0 bridgehead atoms. The molecule has 1 aliphatic rings. The maximum atomic E-state index is 12.9. The van der Waals surface area contributed by atoms with E-state index in [-0.39, 0.29) is 17.3 Å². The van der Waals surface area contributed by atoms with E-state index in [1.165, 1.54) is 18.1 Å². The average molecular weight is 477 g/mol. The molecule has 1 aromatic rings. The zero-order valence-corrected chi connectivity index (χ0v) is 19.6. The van der Waals surface area contributed by atoms with E-state index in [4.69, 9.17) is 15.3 Å². The van der Waals surface area contributed by atoms with Crippen molar-refractivity contribution in [2.24, 2.45) is 17.6 Å². The number of carbonyl (C=O) groups is 5. The van der Waals surface area contributed by atoms with Gasteiger partial charge in [0.15, 0.2) is 5.78 Å². The standard InChI is InChI=1S/C23H32N4O7/c1-12(2)18(20(29)13(3)16-8-6-10-34-16)19(24)22(31)25-11-17(28)27-9-5-7-15(27)21(30)26-14(4)23(32)33/h6,8,10,12,14-15,18-19H,3,5,7,9,11,24H2,1-2,4H3,(H,25,31)(H,26,30)(H,32,33). The third kappa shape index (κ3) is 6.31. The fourth-order valence-corrected chi connectivity index (χ4v) is 3.91. The van der Waals surface area contributed by atoms with Gasteiger partial charge in [0.25, 0.3) is 0 Å². The second-order valence-corrected chi connectivity index (χ2v) is 8.65. The monoisotopic (exact) mass is 476 g/mol. The van der Waals surface area contributed by atoms with Crippen molar-refractivity contribution in [3.05, 3.63) is 30.7 Å². The van der Waals surface area contributed by atoms with Gasteiger partial charge in [0.05, 0.1) is 24.4 Å². The molecule has 2 heterocycles. The number of allylic oxidation sites excluding steroid dienone is 1. The Hall–Kier alpha value is -3.47. The zero-order valence-electron chi connectivity index (χ0n) is 19.6. The second kappa shape index (κ2) is 11.6. The van der Waals surface area contributed by atoms with E-state index in [1.54, 1.807) is 26.0 Å². The quantitative estimate of drug-likeness (QED) is 0.327. The SMILES string of the molecule is C=C(C(=O)C(C(C)C)C(N)C(=O)NCC(=O)N1CCCC1C(=O)NC(C)C(=O)O)c1ccco1. The van der Waals surface area contributed by atoms with E-state index >= 15 is 0 Å². The van der Waals surface area contributed by atoms with Crippen molar-refractivity contribution in [1.29, 1.82) is 0 Å². The number of nitrogens with one attached hydrogen (secondary N) is 2. The molecule has 34 heavy (non-hydrogen) atoms. The number of carboxylic acids is 1. The zero-order chi connectivity index (χ0) is 25.6. The van der Waals surface area contributed by atoms with E-state index in [2.05, 4.69) is 17.2 Å². The molecule has 1 aliphatic heterocycles. The summed E-state index contributed by atoms with van der Waals surface area (Å²) < 4.78 is 5.21. The minimum absolute atomic E-state index is 0.101. The van der Waals surface area contributed by atoms with Crippen LogP contribution in [0.4, 0.5) is 0 Å². The highest BCUT2D eigenvalue weighted by molar-refractivity contribution is 6.21. The maximum Gasteiger partial charge on any atom is 0.325 e. The molecule has 1 fully saturated rings. The molecule has 4 unspecified atom stereocenters. The third-order valence-electron chi connectivity index (χ3n) is 5.85. The molecule has 3 amide bonds. The number of nitrogens with two attached hydrogens (primary N) is 1. The molecular formula is C23H32N4O7. The molecule has 0 radical (unpaired) electrons. The Morgan fingerprint density at radius 3 is 2.50 bits per heavy atom. The van der Waals surface area contributed by atoms with E-state index < -0.39 is 60.1 Å². The molecule has 11 nitrogen and oxygen atoms in total. The molecule has 0 saturated carbocycles. The number of ketones is 1. The molecule has 0 aliphatic carbocycles. The second-order valence-electron chi connectivity index (χ2n) is 8.65.